The van der Waals surface area contributed by atoms with Crippen molar-refractivity contribution in [2.45, 2.75) is 31.5 Å². The molecule has 3 N–H and O–H groups in total. The fourth-order valence-corrected chi connectivity index (χ4v) is 3.81. The van der Waals surface area contributed by atoms with Gasteiger partial charge in [-0.15, -0.1) is 0 Å². The molecule has 0 aromatic heterocycles. The van der Waals surface area contributed by atoms with Gasteiger partial charge < -0.3 is 25.1 Å². The second kappa shape index (κ2) is 9.03. The molecule has 0 radical (unpaired) electrons. The summed E-state index contributed by atoms with van der Waals surface area (Å²) in [5.74, 6) is 0. The number of hydrogen-bond donors (Lipinski definition) is 2. The maximum absolute atomic E-state index is 9.30. The summed E-state index contributed by atoms with van der Waals surface area (Å²) in [6.45, 7) is 4.30. The molecule has 0 aliphatic carbocycles. The first kappa shape index (κ1) is 19.4. The second-order valence-corrected chi connectivity index (χ2v) is 7.43. The summed E-state index contributed by atoms with van der Waals surface area (Å²) < 4.78 is 18.1. The van der Waals surface area contributed by atoms with Gasteiger partial charge >= 0.3 is 0 Å². The molecule has 0 amide bonds. The van der Waals surface area contributed by atoms with Gasteiger partial charge in [-0.25, -0.2) is 0 Å². The third kappa shape index (κ3) is 4.71. The average molecular weight is 384 g/mol. The van der Waals surface area contributed by atoms with Crippen LogP contribution in [0.1, 0.15) is 35.5 Å². The summed E-state index contributed by atoms with van der Waals surface area (Å²) in [5.41, 5.74) is 9.60. The van der Waals surface area contributed by atoms with E-state index in [1.807, 2.05) is 48.5 Å². The Morgan fingerprint density at radius 1 is 1.00 bits per heavy atom. The number of ether oxygens (including phenoxy) is 3. The van der Waals surface area contributed by atoms with Crippen LogP contribution in [-0.4, -0.2) is 49.0 Å². The topological polar surface area (TPSA) is 77.2 Å². The lowest BCUT2D eigenvalue weighted by atomic mass is 9.99. The molecular weight excluding hydrogens is 356 g/mol. The van der Waals surface area contributed by atoms with E-state index in [9.17, 15) is 5.11 Å². The van der Waals surface area contributed by atoms with E-state index in [2.05, 4.69) is 4.90 Å². The largest absolute Gasteiger partial charge is 0.399 e. The zero-order valence-corrected chi connectivity index (χ0v) is 16.0. The first-order valence-corrected chi connectivity index (χ1v) is 9.87. The highest BCUT2D eigenvalue weighted by Gasteiger charge is 2.33. The van der Waals surface area contributed by atoms with Gasteiger partial charge in [0, 0.05) is 37.3 Å². The molecule has 150 valence electrons. The summed E-state index contributed by atoms with van der Waals surface area (Å²) in [6.07, 6.45) is 0.319. The standard InChI is InChI=1S/C22H28N2O4/c23-19-3-1-2-18(12-19)22-27-20(14-24-8-10-26-11-9-24)13-21(28-22)17-6-4-16(15-25)5-7-17/h1-7,12,20-22,25H,8-11,13-15,23H2/t20-,21+,22+/m1/s1. The molecule has 2 aliphatic heterocycles. The molecule has 0 bridgehead atoms. The van der Waals surface area contributed by atoms with Crippen LogP contribution in [0.25, 0.3) is 0 Å². The molecule has 0 spiro atoms. The Morgan fingerprint density at radius 3 is 2.50 bits per heavy atom. The molecule has 3 atom stereocenters. The Hall–Kier alpha value is -1.96. The third-order valence-corrected chi connectivity index (χ3v) is 5.36. The van der Waals surface area contributed by atoms with Crippen LogP contribution < -0.4 is 5.73 Å². The van der Waals surface area contributed by atoms with E-state index in [0.717, 1.165) is 56.0 Å². The summed E-state index contributed by atoms with van der Waals surface area (Å²) in [6, 6.07) is 15.6. The number of nitrogens with two attached hydrogens (primary N) is 1. The fourth-order valence-electron chi connectivity index (χ4n) is 3.81. The van der Waals surface area contributed by atoms with Gasteiger partial charge in [0.25, 0.3) is 0 Å². The highest BCUT2D eigenvalue weighted by Crippen LogP contribution is 2.38. The molecule has 2 aromatic rings. The van der Waals surface area contributed by atoms with Crippen LogP contribution in [0.4, 0.5) is 5.69 Å². The van der Waals surface area contributed by atoms with Gasteiger partial charge in [-0.05, 0) is 23.3 Å². The Kier molecular flexibility index (Phi) is 6.24. The van der Waals surface area contributed by atoms with Crippen LogP contribution in [0.2, 0.25) is 0 Å². The Balaban J connectivity index is 1.54. The number of aliphatic hydroxyl groups excluding tert-OH is 1. The smallest absolute Gasteiger partial charge is 0.185 e. The molecule has 0 unspecified atom stereocenters. The van der Waals surface area contributed by atoms with E-state index in [4.69, 9.17) is 19.9 Å². The average Bonchev–Trinajstić information content (AvgIpc) is 2.74. The number of nitrogens with zero attached hydrogens (tertiary/aromatic N) is 1. The molecule has 2 heterocycles. The minimum Gasteiger partial charge on any atom is -0.399 e. The predicted molar refractivity (Wildman–Crippen MR) is 107 cm³/mol. The first-order valence-electron chi connectivity index (χ1n) is 9.87. The molecule has 6 heteroatoms. The number of nitrogen functional groups attached to an aromatic ring is 1. The van der Waals surface area contributed by atoms with Gasteiger partial charge in [0.2, 0.25) is 0 Å². The summed E-state index contributed by atoms with van der Waals surface area (Å²) in [4.78, 5) is 2.39. The zero-order valence-electron chi connectivity index (χ0n) is 16.0. The van der Waals surface area contributed by atoms with Crippen molar-refractivity contribution in [2.75, 3.05) is 38.6 Å². The number of aliphatic hydroxyl groups is 1. The summed E-state index contributed by atoms with van der Waals surface area (Å²) in [5, 5.41) is 9.30. The van der Waals surface area contributed by atoms with E-state index in [-0.39, 0.29) is 18.8 Å². The number of hydrogen-bond acceptors (Lipinski definition) is 6. The van der Waals surface area contributed by atoms with Crippen molar-refractivity contribution >= 4 is 5.69 Å². The maximum atomic E-state index is 9.30. The molecule has 2 aliphatic rings. The van der Waals surface area contributed by atoms with Crippen molar-refractivity contribution < 1.29 is 19.3 Å². The van der Waals surface area contributed by atoms with Gasteiger partial charge in [-0.2, -0.15) is 0 Å². The van der Waals surface area contributed by atoms with Crippen LogP contribution >= 0.6 is 0 Å². The summed E-state index contributed by atoms with van der Waals surface area (Å²) in [7, 11) is 0. The number of morpholine rings is 1. The molecule has 6 nitrogen and oxygen atoms in total. The summed E-state index contributed by atoms with van der Waals surface area (Å²) >= 11 is 0. The Bertz CT molecular complexity index is 761. The second-order valence-electron chi connectivity index (χ2n) is 7.43. The van der Waals surface area contributed by atoms with Gasteiger partial charge in [0.15, 0.2) is 6.29 Å². The van der Waals surface area contributed by atoms with E-state index in [1.165, 1.54) is 0 Å². The SMILES string of the molecule is Nc1cccc([C@H]2O[C@@H](CN3CCOCC3)C[C@@H](c3ccc(CO)cc3)O2)c1. The van der Waals surface area contributed by atoms with E-state index in [1.54, 1.807) is 0 Å². The van der Waals surface area contributed by atoms with Crippen molar-refractivity contribution in [1.29, 1.82) is 0 Å². The number of benzene rings is 2. The van der Waals surface area contributed by atoms with Crippen LogP contribution in [-0.2, 0) is 20.8 Å². The van der Waals surface area contributed by atoms with E-state index in [0.29, 0.717) is 5.69 Å². The van der Waals surface area contributed by atoms with Crippen LogP contribution in [0, 0.1) is 0 Å². The molecule has 2 saturated heterocycles. The lowest BCUT2D eigenvalue weighted by Crippen LogP contribution is -2.44. The monoisotopic (exact) mass is 384 g/mol. The van der Waals surface area contributed by atoms with Gasteiger partial charge in [-0.3, -0.25) is 4.90 Å². The molecule has 4 rings (SSSR count). The third-order valence-electron chi connectivity index (χ3n) is 5.36. The van der Waals surface area contributed by atoms with Crippen LogP contribution in [0.5, 0.6) is 0 Å². The van der Waals surface area contributed by atoms with Gasteiger partial charge in [0.05, 0.1) is 32.0 Å². The Morgan fingerprint density at radius 2 is 1.79 bits per heavy atom. The minimum atomic E-state index is -0.453. The van der Waals surface area contributed by atoms with E-state index >= 15 is 0 Å². The van der Waals surface area contributed by atoms with Gasteiger partial charge in [-0.1, -0.05) is 36.4 Å². The van der Waals surface area contributed by atoms with E-state index < -0.39 is 6.29 Å². The normalized spacial score (nSPS) is 26.2. The van der Waals surface area contributed by atoms with Crippen molar-refractivity contribution in [3.8, 4) is 0 Å². The van der Waals surface area contributed by atoms with Gasteiger partial charge in [0.1, 0.15) is 0 Å². The predicted octanol–water partition coefficient (Wildman–Crippen LogP) is 2.64. The highest BCUT2D eigenvalue weighted by molar-refractivity contribution is 5.41. The highest BCUT2D eigenvalue weighted by atomic mass is 16.7. The molecule has 2 fully saturated rings. The molecular formula is C22H28N2O4. The number of rotatable bonds is 5. The van der Waals surface area contributed by atoms with Crippen LogP contribution in [0.15, 0.2) is 48.5 Å². The first-order chi connectivity index (χ1) is 13.7. The van der Waals surface area contributed by atoms with Crippen molar-refractivity contribution in [1.82, 2.24) is 4.90 Å². The lowest BCUT2D eigenvalue weighted by Gasteiger charge is -2.39. The fraction of sp³-hybridized carbons (Fsp3) is 0.455. The Labute approximate surface area is 165 Å². The zero-order chi connectivity index (χ0) is 19.3. The van der Waals surface area contributed by atoms with Crippen LogP contribution in [0.3, 0.4) is 0 Å². The maximum Gasteiger partial charge on any atom is 0.185 e. The molecule has 2 aromatic carbocycles. The quantitative estimate of drug-likeness (QED) is 0.772. The molecule has 0 saturated carbocycles. The van der Waals surface area contributed by atoms with Crippen molar-refractivity contribution in [2.24, 2.45) is 0 Å². The lowest BCUT2D eigenvalue weighted by molar-refractivity contribution is -0.253. The number of anilines is 1. The van der Waals surface area contributed by atoms with Crippen molar-refractivity contribution in [3.63, 3.8) is 0 Å². The molecule has 28 heavy (non-hydrogen) atoms. The van der Waals surface area contributed by atoms with Crippen molar-refractivity contribution in [3.05, 3.63) is 65.2 Å². The minimum absolute atomic E-state index is 0.0422.